The number of anilines is 1. The number of benzene rings is 2. The Morgan fingerprint density at radius 1 is 1.07 bits per heavy atom. The second-order valence-electron chi connectivity index (χ2n) is 10.3. The third kappa shape index (κ3) is 4.88. The summed E-state index contributed by atoms with van der Waals surface area (Å²) in [5.74, 6) is -1.25. The number of carbonyl (C=O) groups is 1. The van der Waals surface area contributed by atoms with Gasteiger partial charge in [0, 0.05) is 22.7 Å². The first-order valence-corrected chi connectivity index (χ1v) is 12.5. The average Bonchev–Trinajstić information content (AvgIpc) is 3.43. The Morgan fingerprint density at radius 3 is 2.50 bits per heavy atom. The maximum absolute atomic E-state index is 15.2. The molecule has 204 valence electrons. The van der Waals surface area contributed by atoms with Crippen molar-refractivity contribution in [2.75, 3.05) is 5.32 Å². The molecule has 2 aromatic carbocycles. The van der Waals surface area contributed by atoms with Crippen LogP contribution in [0.2, 0.25) is 0 Å². The summed E-state index contributed by atoms with van der Waals surface area (Å²) in [5, 5.41) is 33.5. The number of pyridine rings is 1. The van der Waals surface area contributed by atoms with Crippen molar-refractivity contribution in [2.45, 2.75) is 39.4 Å². The fraction of sp³-hybridized carbons (Fsp3) is 0.207. The maximum Gasteiger partial charge on any atom is 0.283 e. The maximum atomic E-state index is 15.2. The van der Waals surface area contributed by atoms with Gasteiger partial charge in [-0.05, 0) is 34.7 Å². The van der Waals surface area contributed by atoms with E-state index in [0.29, 0.717) is 16.6 Å². The van der Waals surface area contributed by atoms with Crippen molar-refractivity contribution in [1.82, 2.24) is 25.0 Å². The monoisotopic (exact) mass is 542 g/mol. The number of nitrogens with one attached hydrogen (secondary N) is 2. The van der Waals surface area contributed by atoms with E-state index >= 15 is 4.39 Å². The molecule has 5 aromatic rings. The second-order valence-corrected chi connectivity index (χ2v) is 10.3. The van der Waals surface area contributed by atoms with E-state index in [1.54, 1.807) is 30.3 Å². The summed E-state index contributed by atoms with van der Waals surface area (Å²) in [7, 11) is 0. The van der Waals surface area contributed by atoms with Gasteiger partial charge in [0.2, 0.25) is 0 Å². The molecule has 0 spiro atoms. The van der Waals surface area contributed by atoms with Crippen LogP contribution in [0.25, 0.3) is 27.8 Å². The van der Waals surface area contributed by atoms with E-state index in [1.165, 1.54) is 30.7 Å². The van der Waals surface area contributed by atoms with Gasteiger partial charge in [0.1, 0.15) is 5.82 Å². The van der Waals surface area contributed by atoms with Crippen molar-refractivity contribution in [3.05, 3.63) is 99.5 Å². The van der Waals surface area contributed by atoms with Gasteiger partial charge in [0.05, 0.1) is 47.9 Å². The first-order chi connectivity index (χ1) is 19.1. The van der Waals surface area contributed by atoms with Crippen LogP contribution in [0.15, 0.2) is 65.8 Å². The summed E-state index contributed by atoms with van der Waals surface area (Å²) in [5.41, 5.74) is 2.05. The Labute approximate surface area is 228 Å². The van der Waals surface area contributed by atoms with E-state index in [1.807, 2.05) is 20.8 Å². The van der Waals surface area contributed by atoms with E-state index in [4.69, 9.17) is 0 Å². The van der Waals surface area contributed by atoms with Crippen molar-refractivity contribution < 1.29 is 19.4 Å². The van der Waals surface area contributed by atoms with Crippen LogP contribution in [0.5, 0.6) is 0 Å². The van der Waals surface area contributed by atoms with Gasteiger partial charge in [-0.1, -0.05) is 45.0 Å². The number of aromatic nitrogens is 5. The van der Waals surface area contributed by atoms with Gasteiger partial charge in [0.25, 0.3) is 11.5 Å². The summed E-state index contributed by atoms with van der Waals surface area (Å²) in [6.07, 6.45) is 4.10. The number of rotatable bonds is 6. The van der Waals surface area contributed by atoms with Crippen LogP contribution in [0.4, 0.5) is 10.1 Å². The van der Waals surface area contributed by atoms with Gasteiger partial charge in [-0.3, -0.25) is 14.7 Å². The van der Waals surface area contributed by atoms with Crippen LogP contribution in [0.1, 0.15) is 47.8 Å². The van der Waals surface area contributed by atoms with Crippen LogP contribution < -0.4 is 10.9 Å². The number of halogens is 1. The molecule has 3 heterocycles. The summed E-state index contributed by atoms with van der Waals surface area (Å²) in [6.45, 7) is 5.14. The number of aliphatic hydroxyl groups is 2. The molecule has 40 heavy (non-hydrogen) atoms. The summed E-state index contributed by atoms with van der Waals surface area (Å²) in [6, 6.07) is 11.5. The minimum absolute atomic E-state index is 0.0430. The Kier molecular flexibility index (Phi) is 7.01. The summed E-state index contributed by atoms with van der Waals surface area (Å²) < 4.78 is 16.1. The third-order valence-electron chi connectivity index (χ3n) is 6.65. The lowest BCUT2D eigenvalue weighted by Crippen LogP contribution is -2.25. The molecule has 0 aliphatic rings. The highest BCUT2D eigenvalue weighted by atomic mass is 19.1. The lowest BCUT2D eigenvalue weighted by molar-refractivity contribution is 0.102. The van der Waals surface area contributed by atoms with Crippen LogP contribution in [-0.4, -0.2) is 41.1 Å². The number of hydrogen-bond acceptors (Lipinski definition) is 7. The number of H-pyrrole nitrogens is 1. The molecule has 3 aromatic heterocycles. The fourth-order valence-corrected chi connectivity index (χ4v) is 4.40. The normalized spacial score (nSPS) is 11.7. The van der Waals surface area contributed by atoms with Crippen LogP contribution >= 0.6 is 0 Å². The highest BCUT2D eigenvalue weighted by molar-refractivity contribution is 6.08. The predicted molar refractivity (Wildman–Crippen MR) is 148 cm³/mol. The van der Waals surface area contributed by atoms with Crippen molar-refractivity contribution in [3.8, 4) is 17.1 Å². The molecule has 10 nitrogen and oxygen atoms in total. The third-order valence-corrected chi connectivity index (χ3v) is 6.65. The van der Waals surface area contributed by atoms with Crippen LogP contribution in [0, 0.1) is 5.82 Å². The highest BCUT2D eigenvalue weighted by Crippen LogP contribution is 2.28. The number of nitrogens with zero attached hydrogens (tertiary/aromatic N) is 4. The molecule has 4 N–H and O–H groups in total. The van der Waals surface area contributed by atoms with Gasteiger partial charge < -0.3 is 15.5 Å². The Morgan fingerprint density at radius 2 is 1.82 bits per heavy atom. The molecule has 0 fully saturated rings. The van der Waals surface area contributed by atoms with Crippen molar-refractivity contribution in [3.63, 3.8) is 0 Å². The minimum atomic E-state index is -0.746. The van der Waals surface area contributed by atoms with Gasteiger partial charge >= 0.3 is 0 Å². The SMILES string of the molecule is CC(C)(C)c1cc(F)c2c(=O)n(-c3nccc(NC(=O)c4cn[nH]c4-c4ccc(CO)cc4)c3CO)ncc2c1. The molecule has 0 bridgehead atoms. The molecular weight excluding hydrogens is 515 g/mol. The Bertz CT molecular complexity index is 1790. The number of hydrogen-bond donors (Lipinski definition) is 4. The first kappa shape index (κ1) is 26.9. The zero-order valence-electron chi connectivity index (χ0n) is 22.1. The average molecular weight is 543 g/mol. The van der Waals surface area contributed by atoms with E-state index in [2.05, 4.69) is 25.6 Å². The number of fused-ring (bicyclic) bond motifs is 1. The van der Waals surface area contributed by atoms with E-state index < -0.39 is 23.9 Å². The molecule has 0 aliphatic heterocycles. The first-order valence-electron chi connectivity index (χ1n) is 12.5. The summed E-state index contributed by atoms with van der Waals surface area (Å²) >= 11 is 0. The summed E-state index contributed by atoms with van der Waals surface area (Å²) in [4.78, 5) is 30.8. The van der Waals surface area contributed by atoms with E-state index in [9.17, 15) is 19.8 Å². The number of aliphatic hydroxyl groups excluding tert-OH is 2. The molecule has 0 aliphatic carbocycles. The molecule has 0 saturated carbocycles. The fourth-order valence-electron chi connectivity index (χ4n) is 4.40. The van der Waals surface area contributed by atoms with Gasteiger partial charge in [-0.2, -0.15) is 14.9 Å². The largest absolute Gasteiger partial charge is 0.392 e. The van der Waals surface area contributed by atoms with E-state index in [-0.39, 0.29) is 40.0 Å². The molecule has 0 saturated heterocycles. The van der Waals surface area contributed by atoms with Crippen molar-refractivity contribution in [2.24, 2.45) is 0 Å². The second kappa shape index (κ2) is 10.4. The van der Waals surface area contributed by atoms with Gasteiger partial charge in [0.15, 0.2) is 5.82 Å². The van der Waals surface area contributed by atoms with Gasteiger partial charge in [-0.15, -0.1) is 0 Å². The quantitative estimate of drug-likeness (QED) is 0.255. The number of carbonyl (C=O) groups excluding carboxylic acids is 1. The van der Waals surface area contributed by atoms with Gasteiger partial charge in [-0.25, -0.2) is 9.37 Å². The standard InChI is InChI=1S/C29H27FN6O4/c1-29(2,3)19-10-18-12-33-36(28(40)24(18)22(30)11-19)26-21(15-38)23(8-9-31-26)34-27(39)20-13-32-35-25(20)17-6-4-16(14-37)5-7-17/h4-13,37-38H,14-15H2,1-3H3,(H,32,35)(H,31,34,39). The zero-order chi connectivity index (χ0) is 28.6. The van der Waals surface area contributed by atoms with Crippen molar-refractivity contribution in [1.29, 1.82) is 0 Å². The Hall–Kier alpha value is -4.74. The molecule has 1 amide bonds. The van der Waals surface area contributed by atoms with Crippen molar-refractivity contribution >= 4 is 22.4 Å². The molecule has 11 heteroatoms. The van der Waals surface area contributed by atoms with E-state index in [0.717, 1.165) is 15.8 Å². The molecule has 0 unspecified atom stereocenters. The molecular formula is C29H27FN6O4. The number of aromatic amines is 1. The smallest absolute Gasteiger partial charge is 0.283 e. The lowest BCUT2D eigenvalue weighted by atomic mass is 9.86. The minimum Gasteiger partial charge on any atom is -0.392 e. The Balaban J connectivity index is 1.53. The van der Waals surface area contributed by atoms with Crippen LogP contribution in [-0.2, 0) is 18.6 Å². The molecule has 0 atom stereocenters. The topological polar surface area (TPSA) is 146 Å². The highest BCUT2D eigenvalue weighted by Gasteiger charge is 2.22. The number of amides is 1. The predicted octanol–water partition coefficient (Wildman–Crippen LogP) is 3.84. The lowest BCUT2D eigenvalue weighted by Gasteiger charge is -2.20. The zero-order valence-corrected chi connectivity index (χ0v) is 22.1. The molecule has 5 rings (SSSR count). The van der Waals surface area contributed by atoms with Crippen LogP contribution in [0.3, 0.4) is 0 Å². The molecule has 0 radical (unpaired) electrons.